The molecule has 3 nitrogen and oxygen atoms in total. The molecule has 0 aromatic heterocycles. The van der Waals surface area contributed by atoms with E-state index in [-0.39, 0.29) is 6.54 Å². The van der Waals surface area contributed by atoms with Gasteiger partial charge in [-0.2, -0.15) is 13.2 Å². The highest BCUT2D eigenvalue weighted by molar-refractivity contribution is 5.80. The third-order valence-corrected chi connectivity index (χ3v) is 3.78. The number of aliphatic imine (C=N–C) groups is 1. The van der Waals surface area contributed by atoms with Gasteiger partial charge in [-0.05, 0) is 18.4 Å². The number of halogens is 3. The van der Waals surface area contributed by atoms with E-state index in [1.54, 1.807) is 7.05 Å². The molecule has 1 N–H and O–H groups in total. The molecule has 126 valence electrons. The molecule has 0 radical (unpaired) electrons. The van der Waals surface area contributed by atoms with E-state index in [0.717, 1.165) is 25.9 Å². The highest BCUT2D eigenvalue weighted by Gasteiger charge is 2.27. The third-order valence-electron chi connectivity index (χ3n) is 3.78. The molecule has 0 unspecified atom stereocenters. The minimum atomic E-state index is -4.14. The van der Waals surface area contributed by atoms with E-state index < -0.39 is 12.6 Å². The molecule has 1 aliphatic rings. The molecule has 1 saturated heterocycles. The normalized spacial score (nSPS) is 16.4. The Labute approximate surface area is 134 Å². The zero-order valence-electron chi connectivity index (χ0n) is 13.2. The van der Waals surface area contributed by atoms with E-state index in [2.05, 4.69) is 28.5 Å². The molecule has 1 fully saturated rings. The second-order valence-electron chi connectivity index (χ2n) is 5.54. The van der Waals surface area contributed by atoms with Crippen LogP contribution in [0, 0.1) is 0 Å². The molecular formula is C17H22F3N3. The Morgan fingerprint density at radius 2 is 1.87 bits per heavy atom. The average Bonchev–Trinajstić information content (AvgIpc) is 2.53. The minimum absolute atomic E-state index is 0.139. The van der Waals surface area contributed by atoms with Gasteiger partial charge in [0.15, 0.2) is 5.96 Å². The number of rotatable bonds is 3. The lowest BCUT2D eigenvalue weighted by Crippen LogP contribution is -2.45. The summed E-state index contributed by atoms with van der Waals surface area (Å²) in [5.41, 5.74) is 2.54. The van der Waals surface area contributed by atoms with Gasteiger partial charge >= 0.3 is 6.18 Å². The largest absolute Gasteiger partial charge is 0.390 e. The fourth-order valence-electron chi connectivity index (χ4n) is 2.58. The van der Waals surface area contributed by atoms with Crippen molar-refractivity contribution in [2.45, 2.75) is 25.4 Å². The maximum Gasteiger partial charge on any atom is 0.390 e. The summed E-state index contributed by atoms with van der Waals surface area (Å²) in [6, 6.07) is 10.1. The number of alkyl halides is 3. The molecule has 0 saturated carbocycles. The van der Waals surface area contributed by atoms with E-state index in [1.807, 2.05) is 23.1 Å². The van der Waals surface area contributed by atoms with Crippen molar-refractivity contribution >= 4 is 12.0 Å². The van der Waals surface area contributed by atoms with Gasteiger partial charge in [0.05, 0.1) is 6.42 Å². The van der Waals surface area contributed by atoms with Crippen molar-refractivity contribution in [1.82, 2.24) is 10.2 Å². The highest BCUT2D eigenvalue weighted by atomic mass is 19.4. The first kappa shape index (κ1) is 17.4. The number of hydrogen-bond acceptors (Lipinski definition) is 1. The molecule has 0 aliphatic carbocycles. The first-order valence-electron chi connectivity index (χ1n) is 7.75. The SMILES string of the molecule is CN=C(NCCC(F)(F)F)N1CCC(=Cc2ccccc2)CC1. The van der Waals surface area contributed by atoms with Crippen LogP contribution >= 0.6 is 0 Å². The first-order chi connectivity index (χ1) is 11.0. The lowest BCUT2D eigenvalue weighted by Gasteiger charge is -2.31. The summed E-state index contributed by atoms with van der Waals surface area (Å²) < 4.78 is 36.6. The van der Waals surface area contributed by atoms with Gasteiger partial charge in [0.1, 0.15) is 0 Å². The molecule has 0 amide bonds. The molecular weight excluding hydrogens is 303 g/mol. The summed E-state index contributed by atoms with van der Waals surface area (Å²) in [6.07, 6.45) is -1.00. The van der Waals surface area contributed by atoms with Gasteiger partial charge in [-0.15, -0.1) is 0 Å². The Hall–Kier alpha value is -1.98. The molecule has 23 heavy (non-hydrogen) atoms. The number of guanidine groups is 1. The molecule has 6 heteroatoms. The van der Waals surface area contributed by atoms with E-state index in [4.69, 9.17) is 0 Å². The fourth-order valence-corrected chi connectivity index (χ4v) is 2.58. The molecule has 0 bridgehead atoms. The lowest BCUT2D eigenvalue weighted by atomic mass is 10.0. The van der Waals surface area contributed by atoms with Crippen molar-refractivity contribution in [1.29, 1.82) is 0 Å². The zero-order valence-corrected chi connectivity index (χ0v) is 13.2. The van der Waals surface area contributed by atoms with Crippen LogP contribution < -0.4 is 5.32 Å². The lowest BCUT2D eigenvalue weighted by molar-refractivity contribution is -0.132. The monoisotopic (exact) mass is 325 g/mol. The number of piperidine rings is 1. The Balaban J connectivity index is 1.84. The van der Waals surface area contributed by atoms with Gasteiger partial charge in [-0.1, -0.05) is 42.0 Å². The van der Waals surface area contributed by atoms with Crippen LogP contribution in [0.4, 0.5) is 13.2 Å². The number of nitrogens with one attached hydrogen (secondary N) is 1. The first-order valence-corrected chi connectivity index (χ1v) is 7.75. The van der Waals surface area contributed by atoms with Crippen molar-refractivity contribution in [2.75, 3.05) is 26.7 Å². The summed E-state index contributed by atoms with van der Waals surface area (Å²) in [6.45, 7) is 1.40. The van der Waals surface area contributed by atoms with Gasteiger partial charge in [-0.25, -0.2) is 0 Å². The van der Waals surface area contributed by atoms with E-state index in [1.165, 1.54) is 11.1 Å². The van der Waals surface area contributed by atoms with Crippen LogP contribution in [0.5, 0.6) is 0 Å². The standard InChI is InChI=1S/C17H22F3N3/c1-21-16(22-10-9-17(18,19)20)23-11-7-15(8-12-23)13-14-5-3-2-4-6-14/h2-6,13H,7-12H2,1H3,(H,21,22). The fraction of sp³-hybridized carbons (Fsp3) is 0.471. The Bertz CT molecular complexity index is 540. The van der Waals surface area contributed by atoms with Gasteiger partial charge < -0.3 is 10.2 Å². The molecule has 1 aromatic carbocycles. The van der Waals surface area contributed by atoms with E-state index in [0.29, 0.717) is 5.96 Å². The van der Waals surface area contributed by atoms with Gasteiger partial charge in [0.25, 0.3) is 0 Å². The summed E-state index contributed by atoms with van der Waals surface area (Å²) >= 11 is 0. The summed E-state index contributed by atoms with van der Waals surface area (Å²) in [7, 11) is 1.60. The topological polar surface area (TPSA) is 27.6 Å². The van der Waals surface area contributed by atoms with Crippen molar-refractivity contribution < 1.29 is 13.2 Å². The summed E-state index contributed by atoms with van der Waals surface area (Å²) in [5, 5.41) is 2.80. The quantitative estimate of drug-likeness (QED) is 0.678. The second kappa shape index (κ2) is 8.04. The number of nitrogens with zero attached hydrogens (tertiary/aromatic N) is 2. The van der Waals surface area contributed by atoms with Gasteiger partial charge in [-0.3, -0.25) is 4.99 Å². The van der Waals surface area contributed by atoms with Crippen LogP contribution in [0.1, 0.15) is 24.8 Å². The van der Waals surface area contributed by atoms with Crippen LogP contribution in [-0.2, 0) is 0 Å². The van der Waals surface area contributed by atoms with Crippen LogP contribution in [0.2, 0.25) is 0 Å². The summed E-state index contributed by atoms with van der Waals surface area (Å²) in [5.74, 6) is 0.549. The minimum Gasteiger partial charge on any atom is -0.356 e. The maximum atomic E-state index is 12.2. The maximum absolute atomic E-state index is 12.2. The van der Waals surface area contributed by atoms with Gasteiger partial charge in [0.2, 0.25) is 0 Å². The van der Waals surface area contributed by atoms with Crippen LogP contribution in [0.15, 0.2) is 40.9 Å². The molecule has 1 heterocycles. The molecule has 0 atom stereocenters. The third kappa shape index (κ3) is 5.96. The predicted molar refractivity (Wildman–Crippen MR) is 87.3 cm³/mol. The molecule has 1 aromatic rings. The van der Waals surface area contributed by atoms with Crippen molar-refractivity contribution in [3.8, 4) is 0 Å². The molecule has 1 aliphatic heterocycles. The zero-order chi connectivity index (χ0) is 16.7. The van der Waals surface area contributed by atoms with Crippen molar-refractivity contribution in [3.63, 3.8) is 0 Å². The number of hydrogen-bond donors (Lipinski definition) is 1. The Morgan fingerprint density at radius 1 is 1.22 bits per heavy atom. The van der Waals surface area contributed by atoms with Gasteiger partial charge in [0, 0.05) is 26.7 Å². The Morgan fingerprint density at radius 3 is 2.43 bits per heavy atom. The van der Waals surface area contributed by atoms with Crippen LogP contribution in [0.25, 0.3) is 6.08 Å². The van der Waals surface area contributed by atoms with Crippen LogP contribution in [-0.4, -0.2) is 43.7 Å². The van der Waals surface area contributed by atoms with Crippen molar-refractivity contribution in [3.05, 3.63) is 41.5 Å². The second-order valence-corrected chi connectivity index (χ2v) is 5.54. The average molecular weight is 325 g/mol. The molecule has 2 rings (SSSR count). The van der Waals surface area contributed by atoms with Crippen LogP contribution in [0.3, 0.4) is 0 Å². The van der Waals surface area contributed by atoms with Crippen molar-refractivity contribution in [2.24, 2.45) is 4.99 Å². The predicted octanol–water partition coefficient (Wildman–Crippen LogP) is 3.69. The van der Waals surface area contributed by atoms with E-state index in [9.17, 15) is 13.2 Å². The number of likely N-dealkylation sites (tertiary alicyclic amines) is 1. The highest BCUT2D eigenvalue weighted by Crippen LogP contribution is 2.20. The Kier molecular flexibility index (Phi) is 6.07. The van der Waals surface area contributed by atoms with E-state index >= 15 is 0 Å². The smallest absolute Gasteiger partial charge is 0.356 e. The number of benzene rings is 1. The summed E-state index contributed by atoms with van der Waals surface area (Å²) in [4.78, 5) is 6.10. The molecule has 0 spiro atoms.